The van der Waals surface area contributed by atoms with Gasteiger partial charge in [-0.15, -0.1) is 0 Å². The highest BCUT2D eigenvalue weighted by Crippen LogP contribution is 2.23. The Kier molecular flexibility index (Phi) is 6.02. The molecule has 0 bridgehead atoms. The van der Waals surface area contributed by atoms with Gasteiger partial charge in [0.05, 0.1) is 5.69 Å². The van der Waals surface area contributed by atoms with E-state index in [0.717, 1.165) is 25.0 Å². The quantitative estimate of drug-likeness (QED) is 0.859. The van der Waals surface area contributed by atoms with Gasteiger partial charge in [-0.3, -0.25) is 14.3 Å². The average molecular weight is 384 g/mol. The molecule has 7 nitrogen and oxygen atoms in total. The fourth-order valence-corrected chi connectivity index (χ4v) is 3.75. The maximum absolute atomic E-state index is 12.5. The fraction of sp³-hybridized carbons (Fsp3) is 0.476. The standard InChI is InChI=1S/C21H28N4O3/c1-14-12-19(24(4)23-14)22-21(27)17-8-10-18(11-9-17)28-13-20(26)25-15(2)6-5-7-16(25)3/h8-12,15-16H,5-7,13H2,1-4H3,(H,22,27). The molecule has 2 amide bonds. The number of rotatable bonds is 5. The number of nitrogens with zero attached hydrogens (tertiary/aromatic N) is 3. The minimum atomic E-state index is -0.221. The molecule has 1 aromatic carbocycles. The Morgan fingerprint density at radius 3 is 2.39 bits per heavy atom. The van der Waals surface area contributed by atoms with Gasteiger partial charge in [-0.25, -0.2) is 0 Å². The lowest BCUT2D eigenvalue weighted by Crippen LogP contribution is -2.49. The van der Waals surface area contributed by atoms with Crippen LogP contribution < -0.4 is 10.1 Å². The van der Waals surface area contributed by atoms with E-state index in [1.165, 1.54) is 0 Å². The Morgan fingerprint density at radius 2 is 1.82 bits per heavy atom. The third-order valence-corrected chi connectivity index (χ3v) is 5.20. The summed E-state index contributed by atoms with van der Waals surface area (Å²) in [6.45, 7) is 6.05. The van der Waals surface area contributed by atoms with Crippen molar-refractivity contribution in [3.05, 3.63) is 41.6 Å². The Bertz CT molecular complexity index is 834. The first kappa shape index (κ1) is 19.9. The largest absolute Gasteiger partial charge is 0.484 e. The lowest BCUT2D eigenvalue weighted by Gasteiger charge is -2.38. The molecule has 2 unspecified atom stereocenters. The van der Waals surface area contributed by atoms with Crippen molar-refractivity contribution in [1.29, 1.82) is 0 Å². The van der Waals surface area contributed by atoms with Crippen LogP contribution in [-0.4, -0.2) is 45.2 Å². The second-order valence-electron chi connectivity index (χ2n) is 7.49. The van der Waals surface area contributed by atoms with E-state index in [1.54, 1.807) is 36.0 Å². The number of benzene rings is 1. The van der Waals surface area contributed by atoms with Gasteiger partial charge in [0.1, 0.15) is 11.6 Å². The lowest BCUT2D eigenvalue weighted by atomic mass is 9.97. The summed E-state index contributed by atoms with van der Waals surface area (Å²) in [5.41, 5.74) is 1.35. The van der Waals surface area contributed by atoms with Crippen molar-refractivity contribution in [1.82, 2.24) is 14.7 Å². The highest BCUT2D eigenvalue weighted by atomic mass is 16.5. The summed E-state index contributed by atoms with van der Waals surface area (Å²) in [5.74, 6) is 0.992. The summed E-state index contributed by atoms with van der Waals surface area (Å²) >= 11 is 0. The van der Waals surface area contributed by atoms with Crippen LogP contribution in [0.2, 0.25) is 0 Å². The normalized spacial score (nSPS) is 19.4. The van der Waals surface area contributed by atoms with Crippen LogP contribution in [0, 0.1) is 6.92 Å². The molecular weight excluding hydrogens is 356 g/mol. The van der Waals surface area contributed by atoms with Crippen molar-refractivity contribution >= 4 is 17.6 Å². The first-order valence-electron chi connectivity index (χ1n) is 9.71. The Balaban J connectivity index is 1.56. The molecule has 1 aromatic heterocycles. The molecule has 3 rings (SSSR count). The maximum atomic E-state index is 12.5. The van der Waals surface area contributed by atoms with E-state index >= 15 is 0 Å². The minimum absolute atomic E-state index is 0.00750. The number of amides is 2. The molecular formula is C21H28N4O3. The molecule has 1 aliphatic rings. The Morgan fingerprint density at radius 1 is 1.18 bits per heavy atom. The number of anilines is 1. The summed E-state index contributed by atoms with van der Waals surface area (Å²) in [5, 5.41) is 7.04. The molecule has 1 N–H and O–H groups in total. The molecule has 7 heteroatoms. The summed E-state index contributed by atoms with van der Waals surface area (Å²) < 4.78 is 7.28. The summed E-state index contributed by atoms with van der Waals surface area (Å²) in [6.07, 6.45) is 3.24. The molecule has 0 radical (unpaired) electrons. The molecule has 0 saturated carbocycles. The van der Waals surface area contributed by atoms with Gasteiger partial charge in [-0.1, -0.05) is 0 Å². The molecule has 1 saturated heterocycles. The highest BCUT2D eigenvalue weighted by Gasteiger charge is 2.28. The predicted molar refractivity (Wildman–Crippen MR) is 107 cm³/mol. The van der Waals surface area contributed by atoms with E-state index in [1.807, 2.05) is 17.9 Å². The molecule has 2 atom stereocenters. The van der Waals surface area contributed by atoms with Crippen LogP contribution in [0.3, 0.4) is 0 Å². The second kappa shape index (κ2) is 8.46. The van der Waals surface area contributed by atoms with Gasteiger partial charge >= 0.3 is 0 Å². The van der Waals surface area contributed by atoms with E-state index in [9.17, 15) is 9.59 Å². The van der Waals surface area contributed by atoms with Crippen LogP contribution >= 0.6 is 0 Å². The van der Waals surface area contributed by atoms with Gasteiger partial charge in [0.2, 0.25) is 0 Å². The third kappa shape index (κ3) is 4.52. The van der Waals surface area contributed by atoms with Crippen molar-refractivity contribution in [2.75, 3.05) is 11.9 Å². The zero-order valence-electron chi connectivity index (χ0n) is 16.9. The molecule has 1 fully saturated rings. The minimum Gasteiger partial charge on any atom is -0.484 e. The molecule has 2 aromatic rings. The zero-order chi connectivity index (χ0) is 20.3. The Hall–Kier alpha value is -2.83. The smallest absolute Gasteiger partial charge is 0.260 e. The third-order valence-electron chi connectivity index (χ3n) is 5.20. The highest BCUT2D eigenvalue weighted by molar-refractivity contribution is 6.03. The number of hydrogen-bond donors (Lipinski definition) is 1. The monoisotopic (exact) mass is 384 g/mol. The van der Waals surface area contributed by atoms with Crippen LogP contribution in [0.1, 0.15) is 49.2 Å². The number of hydrogen-bond acceptors (Lipinski definition) is 4. The lowest BCUT2D eigenvalue weighted by molar-refractivity contribution is -0.139. The van der Waals surface area contributed by atoms with E-state index in [2.05, 4.69) is 24.3 Å². The van der Waals surface area contributed by atoms with E-state index in [-0.39, 0.29) is 30.5 Å². The topological polar surface area (TPSA) is 76.5 Å². The number of ether oxygens (including phenoxy) is 1. The predicted octanol–water partition coefficient (Wildman–Crippen LogP) is 3.15. The number of nitrogens with one attached hydrogen (secondary N) is 1. The molecule has 150 valence electrons. The van der Waals surface area contributed by atoms with Crippen molar-refractivity contribution in [2.45, 2.75) is 52.1 Å². The van der Waals surface area contributed by atoms with Crippen molar-refractivity contribution < 1.29 is 14.3 Å². The molecule has 2 heterocycles. The van der Waals surface area contributed by atoms with E-state index in [4.69, 9.17) is 4.74 Å². The van der Waals surface area contributed by atoms with Gasteiger partial charge in [-0.05, 0) is 64.3 Å². The number of likely N-dealkylation sites (tertiary alicyclic amines) is 1. The molecule has 1 aliphatic heterocycles. The molecule has 0 aliphatic carbocycles. The number of carbonyl (C=O) groups is 2. The van der Waals surface area contributed by atoms with Crippen molar-refractivity contribution in [2.24, 2.45) is 7.05 Å². The molecule has 0 spiro atoms. The Labute approximate surface area is 165 Å². The second-order valence-corrected chi connectivity index (χ2v) is 7.49. The average Bonchev–Trinajstić information content (AvgIpc) is 2.97. The van der Waals surface area contributed by atoms with Gasteiger partial charge in [0.15, 0.2) is 6.61 Å². The number of aryl methyl sites for hydroxylation is 2. The van der Waals surface area contributed by atoms with Gasteiger partial charge in [0.25, 0.3) is 11.8 Å². The first-order chi connectivity index (χ1) is 13.3. The zero-order valence-corrected chi connectivity index (χ0v) is 16.9. The van der Waals surface area contributed by atoms with Gasteiger partial charge in [0, 0.05) is 30.8 Å². The van der Waals surface area contributed by atoms with Crippen LogP contribution in [0.25, 0.3) is 0 Å². The van der Waals surface area contributed by atoms with E-state index < -0.39 is 0 Å². The van der Waals surface area contributed by atoms with Crippen LogP contribution in [-0.2, 0) is 11.8 Å². The maximum Gasteiger partial charge on any atom is 0.260 e. The van der Waals surface area contributed by atoms with Crippen molar-refractivity contribution in [3.63, 3.8) is 0 Å². The number of aromatic nitrogens is 2. The van der Waals surface area contributed by atoms with Crippen LogP contribution in [0.4, 0.5) is 5.82 Å². The van der Waals surface area contributed by atoms with Crippen LogP contribution in [0.5, 0.6) is 5.75 Å². The fourth-order valence-electron chi connectivity index (χ4n) is 3.75. The first-order valence-corrected chi connectivity index (χ1v) is 9.71. The summed E-state index contributed by atoms with van der Waals surface area (Å²) in [7, 11) is 1.78. The summed E-state index contributed by atoms with van der Waals surface area (Å²) in [6, 6.07) is 9.10. The van der Waals surface area contributed by atoms with Gasteiger partial charge < -0.3 is 15.0 Å². The van der Waals surface area contributed by atoms with Gasteiger partial charge in [-0.2, -0.15) is 5.10 Å². The number of piperidine rings is 1. The molecule has 28 heavy (non-hydrogen) atoms. The van der Waals surface area contributed by atoms with E-state index in [0.29, 0.717) is 17.1 Å². The summed E-state index contributed by atoms with van der Waals surface area (Å²) in [4.78, 5) is 26.8. The SMILES string of the molecule is Cc1cc(NC(=O)c2ccc(OCC(=O)N3C(C)CCCC3C)cc2)n(C)n1. The number of carbonyl (C=O) groups excluding carboxylic acids is 2. The van der Waals surface area contributed by atoms with Crippen LogP contribution in [0.15, 0.2) is 30.3 Å². The van der Waals surface area contributed by atoms with Crippen molar-refractivity contribution in [3.8, 4) is 5.75 Å².